The first-order valence-corrected chi connectivity index (χ1v) is 10.4. The average Bonchev–Trinajstić information content (AvgIpc) is 2.74. The van der Waals surface area contributed by atoms with Crippen LogP contribution < -0.4 is 14.9 Å². The third-order valence-corrected chi connectivity index (χ3v) is 5.22. The summed E-state index contributed by atoms with van der Waals surface area (Å²) in [7, 11) is 1.55. The minimum absolute atomic E-state index is 0.348. The molecule has 5 nitrogen and oxygen atoms in total. The highest BCUT2D eigenvalue weighted by atomic mass is 79.9. The summed E-state index contributed by atoms with van der Waals surface area (Å²) in [6.07, 6.45) is 1.50. The van der Waals surface area contributed by atoms with Crippen LogP contribution >= 0.6 is 39.1 Å². The summed E-state index contributed by atoms with van der Waals surface area (Å²) in [4.78, 5) is 12.2. The lowest BCUT2D eigenvalue weighted by atomic mass is 10.2. The minimum Gasteiger partial charge on any atom is -0.493 e. The van der Waals surface area contributed by atoms with Gasteiger partial charge in [0.05, 0.1) is 28.4 Å². The molecule has 0 fully saturated rings. The maximum Gasteiger partial charge on any atom is 0.272 e. The van der Waals surface area contributed by atoms with E-state index in [1.165, 1.54) is 6.21 Å². The van der Waals surface area contributed by atoms with Crippen molar-refractivity contribution in [1.29, 1.82) is 0 Å². The van der Waals surface area contributed by atoms with Crippen molar-refractivity contribution in [3.05, 3.63) is 91.9 Å². The Hall–Kier alpha value is -2.54. The van der Waals surface area contributed by atoms with E-state index in [1.54, 1.807) is 37.4 Å². The molecule has 0 aliphatic rings. The number of methoxy groups -OCH3 is 1. The summed E-state index contributed by atoms with van der Waals surface area (Å²) in [5.74, 6) is 0.688. The lowest BCUT2D eigenvalue weighted by Gasteiger charge is -2.13. The van der Waals surface area contributed by atoms with Crippen molar-refractivity contribution >= 4 is 51.3 Å². The molecule has 0 aliphatic carbocycles. The van der Waals surface area contributed by atoms with Crippen LogP contribution in [0.3, 0.4) is 0 Å². The SMILES string of the molecule is COc1cc(/C=N\NC(=O)c2ccccc2Cl)cc(Br)c1OCc1ccc(Cl)cc1. The van der Waals surface area contributed by atoms with E-state index in [4.69, 9.17) is 32.7 Å². The van der Waals surface area contributed by atoms with Gasteiger partial charge in [0.25, 0.3) is 5.91 Å². The van der Waals surface area contributed by atoms with Gasteiger partial charge in [-0.2, -0.15) is 5.10 Å². The molecule has 0 heterocycles. The van der Waals surface area contributed by atoms with Gasteiger partial charge in [0.2, 0.25) is 0 Å². The smallest absolute Gasteiger partial charge is 0.272 e. The van der Waals surface area contributed by atoms with E-state index in [0.29, 0.717) is 43.8 Å². The number of nitrogens with zero attached hydrogens (tertiary/aromatic N) is 1. The molecule has 0 aromatic heterocycles. The highest BCUT2D eigenvalue weighted by molar-refractivity contribution is 9.10. The van der Waals surface area contributed by atoms with Gasteiger partial charge in [-0.15, -0.1) is 0 Å². The maximum atomic E-state index is 12.2. The molecule has 8 heteroatoms. The van der Waals surface area contributed by atoms with Crippen LogP contribution in [0, 0.1) is 0 Å². The number of rotatable bonds is 7. The van der Waals surface area contributed by atoms with Crippen LogP contribution in [0.5, 0.6) is 11.5 Å². The maximum absolute atomic E-state index is 12.2. The molecule has 3 aromatic carbocycles. The molecule has 0 radical (unpaired) electrons. The van der Waals surface area contributed by atoms with Crippen LogP contribution in [0.4, 0.5) is 0 Å². The zero-order valence-electron chi connectivity index (χ0n) is 15.9. The predicted octanol–water partition coefficient (Wildman–Crippen LogP) is 6.11. The van der Waals surface area contributed by atoms with Gasteiger partial charge in [0.15, 0.2) is 11.5 Å². The van der Waals surface area contributed by atoms with Gasteiger partial charge in [-0.25, -0.2) is 5.43 Å². The number of amides is 1. The van der Waals surface area contributed by atoms with Gasteiger partial charge < -0.3 is 9.47 Å². The summed E-state index contributed by atoms with van der Waals surface area (Å²) >= 11 is 15.4. The van der Waals surface area contributed by atoms with Crippen LogP contribution in [-0.4, -0.2) is 19.2 Å². The second kappa shape index (κ2) is 10.5. The Bertz CT molecular complexity index is 1070. The molecule has 1 N–H and O–H groups in total. The Labute approximate surface area is 192 Å². The first-order valence-electron chi connectivity index (χ1n) is 8.80. The Balaban J connectivity index is 1.70. The van der Waals surface area contributed by atoms with E-state index in [9.17, 15) is 4.79 Å². The molecule has 3 rings (SSSR count). The first-order chi connectivity index (χ1) is 14.5. The van der Waals surface area contributed by atoms with Gasteiger partial charge in [-0.3, -0.25) is 4.79 Å². The fourth-order valence-electron chi connectivity index (χ4n) is 2.56. The number of halogens is 3. The number of carbonyl (C=O) groups is 1. The van der Waals surface area contributed by atoms with E-state index in [0.717, 1.165) is 5.56 Å². The Morgan fingerprint density at radius 3 is 2.57 bits per heavy atom. The van der Waals surface area contributed by atoms with E-state index in [2.05, 4.69) is 26.5 Å². The van der Waals surface area contributed by atoms with Gasteiger partial charge in [0.1, 0.15) is 6.61 Å². The molecular weight excluding hydrogens is 491 g/mol. The number of hydrogen-bond donors (Lipinski definition) is 1. The molecule has 0 unspecified atom stereocenters. The molecule has 0 aliphatic heterocycles. The van der Waals surface area contributed by atoms with Crippen LogP contribution in [0.2, 0.25) is 10.0 Å². The normalized spacial score (nSPS) is 10.8. The molecule has 30 heavy (non-hydrogen) atoms. The topological polar surface area (TPSA) is 59.9 Å². The van der Waals surface area contributed by atoms with Crippen molar-refractivity contribution < 1.29 is 14.3 Å². The van der Waals surface area contributed by atoms with E-state index < -0.39 is 5.91 Å². The third-order valence-electron chi connectivity index (χ3n) is 4.05. The zero-order chi connectivity index (χ0) is 21.5. The number of carbonyl (C=O) groups excluding carboxylic acids is 1. The summed E-state index contributed by atoms with van der Waals surface area (Å²) < 4.78 is 12.0. The minimum atomic E-state index is -0.397. The quantitative estimate of drug-likeness (QED) is 0.310. The third kappa shape index (κ3) is 5.75. The number of ether oxygens (including phenoxy) is 2. The molecule has 154 valence electrons. The second-order valence-electron chi connectivity index (χ2n) is 6.13. The molecule has 0 saturated carbocycles. The van der Waals surface area contributed by atoms with Crippen molar-refractivity contribution in [2.75, 3.05) is 7.11 Å². The molecular formula is C22H17BrCl2N2O3. The summed E-state index contributed by atoms with van der Waals surface area (Å²) in [5, 5.41) is 5.02. The molecule has 1 amide bonds. The van der Waals surface area contributed by atoms with E-state index in [-0.39, 0.29) is 0 Å². The number of hydrazone groups is 1. The second-order valence-corrected chi connectivity index (χ2v) is 7.83. The van der Waals surface area contributed by atoms with Crippen LogP contribution in [-0.2, 0) is 6.61 Å². The zero-order valence-corrected chi connectivity index (χ0v) is 19.0. The van der Waals surface area contributed by atoms with Crippen molar-refractivity contribution in [3.8, 4) is 11.5 Å². The standard InChI is InChI=1S/C22H17BrCl2N2O3/c1-29-20-11-15(12-26-27-22(28)17-4-2-3-5-19(17)25)10-18(23)21(20)30-13-14-6-8-16(24)9-7-14/h2-12H,13H2,1H3,(H,27,28)/b26-12-. The van der Waals surface area contributed by atoms with Crippen molar-refractivity contribution in [2.45, 2.75) is 6.61 Å². The first kappa shape index (κ1) is 22.2. The van der Waals surface area contributed by atoms with Gasteiger partial charge >= 0.3 is 0 Å². The van der Waals surface area contributed by atoms with Crippen LogP contribution in [0.25, 0.3) is 0 Å². The Morgan fingerprint density at radius 2 is 1.87 bits per heavy atom. The number of nitrogens with one attached hydrogen (secondary N) is 1. The average molecular weight is 508 g/mol. The number of benzene rings is 3. The van der Waals surface area contributed by atoms with Crippen LogP contribution in [0.15, 0.2) is 70.2 Å². The number of hydrogen-bond acceptors (Lipinski definition) is 4. The summed E-state index contributed by atoms with van der Waals surface area (Å²) in [5.41, 5.74) is 4.49. The monoisotopic (exact) mass is 506 g/mol. The van der Waals surface area contributed by atoms with Crippen molar-refractivity contribution in [1.82, 2.24) is 5.43 Å². The lowest BCUT2D eigenvalue weighted by molar-refractivity contribution is 0.0955. The Kier molecular flexibility index (Phi) is 7.74. The highest BCUT2D eigenvalue weighted by Crippen LogP contribution is 2.37. The summed E-state index contributed by atoms with van der Waals surface area (Å²) in [6.45, 7) is 0.355. The molecule has 0 saturated heterocycles. The molecule has 0 bridgehead atoms. The largest absolute Gasteiger partial charge is 0.493 e. The predicted molar refractivity (Wildman–Crippen MR) is 123 cm³/mol. The van der Waals surface area contributed by atoms with Gasteiger partial charge in [0, 0.05) is 5.02 Å². The van der Waals surface area contributed by atoms with Crippen molar-refractivity contribution in [3.63, 3.8) is 0 Å². The lowest BCUT2D eigenvalue weighted by Crippen LogP contribution is -2.17. The Morgan fingerprint density at radius 1 is 1.13 bits per heavy atom. The molecule has 0 atom stereocenters. The van der Waals surface area contributed by atoms with E-state index >= 15 is 0 Å². The summed E-state index contributed by atoms with van der Waals surface area (Å²) in [6, 6.07) is 17.7. The molecule has 0 spiro atoms. The fraction of sp³-hybridized carbons (Fsp3) is 0.0909. The van der Waals surface area contributed by atoms with Crippen molar-refractivity contribution in [2.24, 2.45) is 5.10 Å². The molecule has 3 aromatic rings. The van der Waals surface area contributed by atoms with Crippen LogP contribution in [0.1, 0.15) is 21.5 Å². The fourth-order valence-corrected chi connectivity index (χ4v) is 3.48. The van der Waals surface area contributed by atoms with Gasteiger partial charge in [-0.05, 0) is 63.5 Å². The van der Waals surface area contributed by atoms with E-state index in [1.807, 2.05) is 30.3 Å². The van der Waals surface area contributed by atoms with Gasteiger partial charge in [-0.1, -0.05) is 47.5 Å². The highest BCUT2D eigenvalue weighted by Gasteiger charge is 2.12.